The second-order valence-electron chi connectivity index (χ2n) is 5.58. The van der Waals surface area contributed by atoms with E-state index < -0.39 is 0 Å². The molecule has 3 rings (SSSR count). The number of aromatic hydroxyl groups is 2. The number of hydrazone groups is 1. The zero-order chi connectivity index (χ0) is 18.7. The Morgan fingerprint density at radius 2 is 1.92 bits per heavy atom. The quantitative estimate of drug-likeness (QED) is 0.475. The minimum absolute atomic E-state index is 0.0501. The number of phenolic OH excluding ortho intramolecular Hbond substituents is 2. The molecule has 2 aromatic rings. The smallest absolute Gasteiger partial charge is 0.286 e. The maximum absolute atomic E-state index is 12.5. The van der Waals surface area contributed by atoms with Crippen molar-refractivity contribution in [2.75, 3.05) is 0 Å². The van der Waals surface area contributed by atoms with Gasteiger partial charge in [-0.15, -0.1) is 0 Å². The highest BCUT2D eigenvalue weighted by Gasteiger charge is 2.32. The summed E-state index contributed by atoms with van der Waals surface area (Å²) in [5, 5.41) is 24.6. The molecule has 0 spiro atoms. The van der Waals surface area contributed by atoms with Crippen LogP contribution in [0.2, 0.25) is 0 Å². The number of hydrogen-bond donors (Lipinski definition) is 2. The van der Waals surface area contributed by atoms with Crippen molar-refractivity contribution < 1.29 is 15.0 Å². The monoisotopic (exact) mass is 384 g/mol. The zero-order valence-electron chi connectivity index (χ0n) is 13.9. The van der Waals surface area contributed by atoms with Gasteiger partial charge in [-0.05, 0) is 48.0 Å². The lowest BCUT2D eigenvalue weighted by Gasteiger charge is -2.06. The fourth-order valence-corrected chi connectivity index (χ4v) is 3.48. The second-order valence-corrected chi connectivity index (χ2v) is 7.25. The molecule has 5 nitrogen and oxygen atoms in total. The molecule has 0 atom stereocenters. The average Bonchev–Trinajstić information content (AvgIpc) is 2.89. The molecule has 0 bridgehead atoms. The summed E-state index contributed by atoms with van der Waals surface area (Å²) in [6.45, 7) is 2.08. The number of thioether (sulfide) groups is 1. The molecule has 2 N–H and O–H groups in total. The van der Waals surface area contributed by atoms with Gasteiger partial charge >= 0.3 is 0 Å². The van der Waals surface area contributed by atoms with Crippen LogP contribution in [0.5, 0.6) is 11.5 Å². The first-order valence-electron chi connectivity index (χ1n) is 7.91. The third-order valence-corrected chi connectivity index (χ3v) is 5.07. The van der Waals surface area contributed by atoms with Gasteiger partial charge < -0.3 is 10.2 Å². The van der Waals surface area contributed by atoms with Gasteiger partial charge in [-0.2, -0.15) is 10.1 Å². The molecule has 1 aliphatic rings. The van der Waals surface area contributed by atoms with Gasteiger partial charge in [0, 0.05) is 11.6 Å². The Hall–Kier alpha value is -2.64. The first-order chi connectivity index (χ1) is 12.5. The predicted octanol–water partition coefficient (Wildman–Crippen LogP) is 3.90. The van der Waals surface area contributed by atoms with Gasteiger partial charge in [0.25, 0.3) is 5.91 Å². The third kappa shape index (κ3) is 3.95. The summed E-state index contributed by atoms with van der Waals surface area (Å²) in [6, 6.07) is 12.1. The van der Waals surface area contributed by atoms with Crippen molar-refractivity contribution in [3.63, 3.8) is 0 Å². The van der Waals surface area contributed by atoms with Crippen molar-refractivity contribution in [1.82, 2.24) is 5.01 Å². The SMILES string of the molecule is CCc1ccc(/C=N/N2C(=O)/C(=C\c3ccc(O)cc3O)SC2=S)cc1. The van der Waals surface area contributed by atoms with E-state index in [2.05, 4.69) is 12.0 Å². The van der Waals surface area contributed by atoms with Crippen molar-refractivity contribution in [3.05, 3.63) is 64.1 Å². The van der Waals surface area contributed by atoms with E-state index in [1.807, 2.05) is 24.3 Å². The third-order valence-electron chi connectivity index (χ3n) is 3.78. The van der Waals surface area contributed by atoms with Crippen LogP contribution in [0.15, 0.2) is 52.5 Å². The van der Waals surface area contributed by atoms with E-state index in [1.165, 1.54) is 29.8 Å². The van der Waals surface area contributed by atoms with Crippen molar-refractivity contribution >= 4 is 46.5 Å². The van der Waals surface area contributed by atoms with Crippen LogP contribution in [0.3, 0.4) is 0 Å². The molecular weight excluding hydrogens is 368 g/mol. The normalized spacial score (nSPS) is 16.2. The molecule has 7 heteroatoms. The zero-order valence-corrected chi connectivity index (χ0v) is 15.5. The molecule has 1 heterocycles. The second kappa shape index (κ2) is 7.72. The number of amides is 1. The number of phenols is 2. The molecule has 0 radical (unpaired) electrons. The number of carbonyl (C=O) groups excluding carboxylic acids is 1. The number of rotatable bonds is 4. The van der Waals surface area contributed by atoms with Crippen LogP contribution in [0.25, 0.3) is 6.08 Å². The Morgan fingerprint density at radius 1 is 1.19 bits per heavy atom. The Labute approximate surface area is 160 Å². The lowest BCUT2D eigenvalue weighted by molar-refractivity contribution is -0.122. The minimum atomic E-state index is -0.353. The highest BCUT2D eigenvalue weighted by Crippen LogP contribution is 2.34. The van der Waals surface area contributed by atoms with E-state index >= 15 is 0 Å². The largest absolute Gasteiger partial charge is 0.508 e. The number of hydrogen-bond acceptors (Lipinski definition) is 6. The Morgan fingerprint density at radius 3 is 2.58 bits per heavy atom. The molecule has 0 unspecified atom stereocenters. The standard InChI is InChI=1S/C19H16N2O3S2/c1-2-12-3-5-13(6-4-12)11-20-21-18(24)17(26-19(21)25)9-14-7-8-15(22)10-16(14)23/h3-11,22-23H,2H2,1H3/b17-9+,20-11+. The van der Waals surface area contributed by atoms with E-state index in [0.717, 1.165) is 28.8 Å². The average molecular weight is 384 g/mol. The fourth-order valence-electron chi connectivity index (χ4n) is 2.32. The summed E-state index contributed by atoms with van der Waals surface area (Å²) in [4.78, 5) is 12.9. The molecule has 1 saturated heterocycles. The number of carbonyl (C=O) groups is 1. The van der Waals surface area contributed by atoms with Crippen LogP contribution in [0.4, 0.5) is 0 Å². The van der Waals surface area contributed by atoms with Crippen molar-refractivity contribution in [2.24, 2.45) is 5.10 Å². The number of nitrogens with zero attached hydrogens (tertiary/aromatic N) is 2. The van der Waals surface area contributed by atoms with Gasteiger partial charge in [0.1, 0.15) is 11.5 Å². The van der Waals surface area contributed by atoms with Crippen LogP contribution in [0.1, 0.15) is 23.6 Å². The molecule has 0 aliphatic carbocycles. The predicted molar refractivity (Wildman–Crippen MR) is 108 cm³/mol. The topological polar surface area (TPSA) is 73.1 Å². The molecule has 1 aliphatic heterocycles. The molecule has 132 valence electrons. The van der Waals surface area contributed by atoms with Crippen molar-refractivity contribution in [3.8, 4) is 11.5 Å². The molecular formula is C19H16N2O3S2. The molecule has 2 aromatic carbocycles. The van der Waals surface area contributed by atoms with Gasteiger partial charge in [0.15, 0.2) is 4.32 Å². The van der Waals surface area contributed by atoms with Crippen LogP contribution in [0, 0.1) is 0 Å². The van der Waals surface area contributed by atoms with Gasteiger partial charge in [0.2, 0.25) is 0 Å². The highest BCUT2D eigenvalue weighted by atomic mass is 32.2. The van der Waals surface area contributed by atoms with E-state index in [9.17, 15) is 15.0 Å². The van der Waals surface area contributed by atoms with Crippen LogP contribution < -0.4 is 0 Å². The highest BCUT2D eigenvalue weighted by molar-refractivity contribution is 8.26. The molecule has 0 aromatic heterocycles. The van der Waals surface area contributed by atoms with Crippen LogP contribution in [-0.4, -0.2) is 31.7 Å². The van der Waals surface area contributed by atoms with Gasteiger partial charge in [-0.1, -0.05) is 43.0 Å². The van der Waals surface area contributed by atoms with Gasteiger partial charge in [-0.25, -0.2) is 0 Å². The molecule has 0 saturated carbocycles. The number of thiocarbonyl (C=S) groups is 1. The minimum Gasteiger partial charge on any atom is -0.508 e. The van der Waals surface area contributed by atoms with E-state index in [-0.39, 0.29) is 17.4 Å². The number of aryl methyl sites for hydroxylation is 1. The maximum Gasteiger partial charge on any atom is 0.286 e. The molecule has 1 fully saturated rings. The lowest BCUT2D eigenvalue weighted by atomic mass is 10.1. The molecule has 1 amide bonds. The summed E-state index contributed by atoms with van der Waals surface area (Å²) < 4.78 is 0.320. The summed E-state index contributed by atoms with van der Waals surface area (Å²) >= 11 is 6.34. The van der Waals surface area contributed by atoms with E-state index in [1.54, 1.807) is 6.21 Å². The maximum atomic E-state index is 12.5. The first-order valence-corrected chi connectivity index (χ1v) is 9.13. The molecule has 26 heavy (non-hydrogen) atoms. The Bertz CT molecular complexity index is 921. The van der Waals surface area contributed by atoms with Crippen molar-refractivity contribution in [1.29, 1.82) is 0 Å². The van der Waals surface area contributed by atoms with Crippen LogP contribution >= 0.6 is 24.0 Å². The lowest BCUT2D eigenvalue weighted by Crippen LogP contribution is -2.22. The number of benzene rings is 2. The van der Waals surface area contributed by atoms with E-state index in [0.29, 0.717) is 14.8 Å². The fraction of sp³-hybridized carbons (Fsp3) is 0.105. The summed E-state index contributed by atoms with van der Waals surface area (Å²) in [7, 11) is 0. The summed E-state index contributed by atoms with van der Waals surface area (Å²) in [5.74, 6) is -0.519. The van der Waals surface area contributed by atoms with E-state index in [4.69, 9.17) is 12.2 Å². The van der Waals surface area contributed by atoms with Gasteiger partial charge in [-0.3, -0.25) is 4.79 Å². The van der Waals surface area contributed by atoms with Crippen molar-refractivity contribution in [2.45, 2.75) is 13.3 Å². The van der Waals surface area contributed by atoms with Crippen LogP contribution in [-0.2, 0) is 11.2 Å². The first kappa shape index (κ1) is 18.2. The Kier molecular flexibility index (Phi) is 5.39. The Balaban J connectivity index is 1.79. The van der Waals surface area contributed by atoms with Gasteiger partial charge in [0.05, 0.1) is 11.1 Å². The summed E-state index contributed by atoms with van der Waals surface area (Å²) in [6.07, 6.45) is 4.08. The summed E-state index contributed by atoms with van der Waals surface area (Å²) in [5.41, 5.74) is 2.52.